The SMILES string of the molecule is Cc1cn(CC(=O)N2CCC[C@@H]2c2cnn(C)c2)c2ccccc12. The summed E-state index contributed by atoms with van der Waals surface area (Å²) in [5, 5.41) is 5.47. The number of para-hydroxylation sites is 1. The maximum Gasteiger partial charge on any atom is 0.243 e. The zero-order chi connectivity index (χ0) is 16.7. The number of hydrogen-bond donors (Lipinski definition) is 0. The van der Waals surface area contributed by atoms with Gasteiger partial charge in [-0.15, -0.1) is 0 Å². The van der Waals surface area contributed by atoms with Crippen LogP contribution in [0.15, 0.2) is 42.9 Å². The van der Waals surface area contributed by atoms with Crippen molar-refractivity contribution in [1.29, 1.82) is 0 Å². The van der Waals surface area contributed by atoms with E-state index < -0.39 is 0 Å². The topological polar surface area (TPSA) is 43.1 Å². The van der Waals surface area contributed by atoms with Gasteiger partial charge in [-0.2, -0.15) is 5.10 Å². The van der Waals surface area contributed by atoms with Gasteiger partial charge in [0.15, 0.2) is 0 Å². The van der Waals surface area contributed by atoms with Gasteiger partial charge in [0.1, 0.15) is 6.54 Å². The minimum Gasteiger partial charge on any atom is -0.338 e. The molecule has 0 N–H and O–H groups in total. The first-order valence-electron chi connectivity index (χ1n) is 8.46. The number of hydrogen-bond acceptors (Lipinski definition) is 2. The maximum atomic E-state index is 12.9. The van der Waals surface area contributed by atoms with Gasteiger partial charge < -0.3 is 9.47 Å². The molecular weight excluding hydrogens is 300 g/mol. The molecule has 1 atom stereocenters. The Morgan fingerprint density at radius 2 is 2.12 bits per heavy atom. The number of rotatable bonds is 3. The molecule has 1 fully saturated rings. The van der Waals surface area contributed by atoms with Gasteiger partial charge in [-0.05, 0) is 31.4 Å². The monoisotopic (exact) mass is 322 g/mol. The van der Waals surface area contributed by atoms with Crippen LogP contribution in [0.25, 0.3) is 10.9 Å². The van der Waals surface area contributed by atoms with E-state index >= 15 is 0 Å². The fourth-order valence-electron chi connectivity index (χ4n) is 3.82. The molecule has 0 bridgehead atoms. The Kier molecular flexibility index (Phi) is 3.63. The molecule has 0 radical (unpaired) electrons. The van der Waals surface area contributed by atoms with Crippen molar-refractivity contribution in [2.75, 3.05) is 6.54 Å². The molecule has 24 heavy (non-hydrogen) atoms. The Hall–Kier alpha value is -2.56. The van der Waals surface area contributed by atoms with Crippen LogP contribution in [0.4, 0.5) is 0 Å². The fourth-order valence-corrected chi connectivity index (χ4v) is 3.82. The predicted molar refractivity (Wildman–Crippen MR) is 93.6 cm³/mol. The molecule has 1 aliphatic heterocycles. The van der Waals surface area contributed by atoms with Crippen LogP contribution in [0, 0.1) is 6.92 Å². The maximum absolute atomic E-state index is 12.9. The molecule has 0 saturated carbocycles. The quantitative estimate of drug-likeness (QED) is 0.744. The summed E-state index contributed by atoms with van der Waals surface area (Å²) in [6, 6.07) is 8.42. The summed E-state index contributed by atoms with van der Waals surface area (Å²) in [7, 11) is 1.92. The zero-order valence-corrected chi connectivity index (χ0v) is 14.1. The molecular formula is C19H22N4O. The molecule has 4 rings (SSSR count). The van der Waals surface area contributed by atoms with Crippen LogP contribution in [0.5, 0.6) is 0 Å². The van der Waals surface area contributed by atoms with E-state index in [4.69, 9.17) is 0 Å². The Balaban J connectivity index is 1.59. The summed E-state index contributed by atoms with van der Waals surface area (Å²) in [6.07, 6.45) is 8.05. The van der Waals surface area contributed by atoms with Gasteiger partial charge in [0, 0.05) is 42.5 Å². The number of aromatic nitrogens is 3. The van der Waals surface area contributed by atoms with E-state index in [9.17, 15) is 4.79 Å². The highest BCUT2D eigenvalue weighted by Crippen LogP contribution is 2.32. The van der Waals surface area contributed by atoms with Crippen molar-refractivity contribution in [2.45, 2.75) is 32.4 Å². The molecule has 0 unspecified atom stereocenters. The Morgan fingerprint density at radius 3 is 2.92 bits per heavy atom. The molecule has 3 aromatic rings. The number of aryl methyl sites for hydroxylation is 2. The summed E-state index contributed by atoms with van der Waals surface area (Å²) >= 11 is 0. The van der Waals surface area contributed by atoms with Crippen molar-refractivity contribution in [2.24, 2.45) is 7.05 Å². The molecule has 0 aliphatic carbocycles. The van der Waals surface area contributed by atoms with E-state index in [0.29, 0.717) is 6.54 Å². The van der Waals surface area contributed by atoms with E-state index in [-0.39, 0.29) is 11.9 Å². The number of fused-ring (bicyclic) bond motifs is 1. The van der Waals surface area contributed by atoms with Crippen LogP contribution < -0.4 is 0 Å². The molecule has 5 nitrogen and oxygen atoms in total. The molecule has 124 valence electrons. The Labute approximate surface area is 141 Å². The van der Waals surface area contributed by atoms with Gasteiger partial charge in [-0.25, -0.2) is 0 Å². The van der Waals surface area contributed by atoms with E-state index in [0.717, 1.165) is 30.5 Å². The van der Waals surface area contributed by atoms with E-state index in [1.54, 1.807) is 4.68 Å². The van der Waals surface area contributed by atoms with Crippen LogP contribution in [-0.2, 0) is 18.4 Å². The first-order chi connectivity index (χ1) is 11.6. The molecule has 3 heterocycles. The van der Waals surface area contributed by atoms with Crippen molar-refractivity contribution in [3.05, 3.63) is 54.0 Å². The summed E-state index contributed by atoms with van der Waals surface area (Å²) in [6.45, 7) is 3.32. The Bertz CT molecular complexity index is 892. The predicted octanol–water partition coefficient (Wildman–Crippen LogP) is 3.05. The van der Waals surface area contributed by atoms with Crippen molar-refractivity contribution in [3.8, 4) is 0 Å². The molecule has 5 heteroatoms. The minimum atomic E-state index is 0.161. The van der Waals surface area contributed by atoms with Gasteiger partial charge in [-0.1, -0.05) is 18.2 Å². The molecule has 1 amide bonds. The summed E-state index contributed by atoms with van der Waals surface area (Å²) in [5.41, 5.74) is 3.47. The normalized spacial score (nSPS) is 17.8. The van der Waals surface area contributed by atoms with Crippen LogP contribution in [0.2, 0.25) is 0 Å². The average Bonchev–Trinajstić information content (AvgIpc) is 3.28. The number of amides is 1. The lowest BCUT2D eigenvalue weighted by Crippen LogP contribution is -2.33. The lowest BCUT2D eigenvalue weighted by Gasteiger charge is -2.24. The standard InChI is InChI=1S/C19H22N4O/c1-14-11-22(18-7-4-3-6-16(14)18)13-19(24)23-9-5-8-17(23)15-10-20-21(2)12-15/h3-4,6-7,10-12,17H,5,8-9,13H2,1-2H3/t17-/m1/s1. The minimum absolute atomic E-state index is 0.161. The van der Waals surface area contributed by atoms with Crippen LogP contribution in [0.1, 0.15) is 30.0 Å². The third-order valence-electron chi connectivity index (χ3n) is 4.98. The number of benzene rings is 1. The zero-order valence-electron chi connectivity index (χ0n) is 14.1. The van der Waals surface area contributed by atoms with Crippen LogP contribution >= 0.6 is 0 Å². The number of nitrogens with zero attached hydrogens (tertiary/aromatic N) is 4. The van der Waals surface area contributed by atoms with Gasteiger partial charge in [0.2, 0.25) is 5.91 Å². The van der Waals surface area contributed by atoms with E-state index in [1.165, 1.54) is 10.9 Å². The highest BCUT2D eigenvalue weighted by atomic mass is 16.2. The number of likely N-dealkylation sites (tertiary alicyclic amines) is 1. The van der Waals surface area contributed by atoms with E-state index in [2.05, 4.69) is 34.9 Å². The summed E-state index contributed by atoms with van der Waals surface area (Å²) in [5.74, 6) is 0.183. The van der Waals surface area contributed by atoms with Crippen molar-refractivity contribution in [3.63, 3.8) is 0 Å². The highest BCUT2D eigenvalue weighted by Gasteiger charge is 2.30. The second-order valence-corrected chi connectivity index (χ2v) is 6.65. The summed E-state index contributed by atoms with van der Waals surface area (Å²) in [4.78, 5) is 15.0. The van der Waals surface area contributed by atoms with Crippen LogP contribution in [-0.4, -0.2) is 31.7 Å². The number of carbonyl (C=O) groups is 1. The second-order valence-electron chi connectivity index (χ2n) is 6.65. The first kappa shape index (κ1) is 15.0. The number of carbonyl (C=O) groups excluding carboxylic acids is 1. The second kappa shape index (κ2) is 5.82. The van der Waals surface area contributed by atoms with Gasteiger partial charge in [0.25, 0.3) is 0 Å². The smallest absolute Gasteiger partial charge is 0.243 e. The van der Waals surface area contributed by atoms with Gasteiger partial charge in [-0.3, -0.25) is 9.48 Å². The fraction of sp³-hybridized carbons (Fsp3) is 0.368. The molecule has 1 saturated heterocycles. The van der Waals surface area contributed by atoms with Crippen molar-refractivity contribution < 1.29 is 4.79 Å². The molecule has 0 spiro atoms. The van der Waals surface area contributed by atoms with Crippen molar-refractivity contribution >= 4 is 16.8 Å². The lowest BCUT2D eigenvalue weighted by atomic mass is 10.1. The third-order valence-corrected chi connectivity index (χ3v) is 4.98. The molecule has 1 aliphatic rings. The van der Waals surface area contributed by atoms with Gasteiger partial charge >= 0.3 is 0 Å². The average molecular weight is 322 g/mol. The van der Waals surface area contributed by atoms with E-state index in [1.807, 2.05) is 36.5 Å². The van der Waals surface area contributed by atoms with Crippen molar-refractivity contribution in [1.82, 2.24) is 19.2 Å². The lowest BCUT2D eigenvalue weighted by molar-refractivity contribution is -0.132. The first-order valence-corrected chi connectivity index (χ1v) is 8.46. The highest BCUT2D eigenvalue weighted by molar-refractivity contribution is 5.86. The van der Waals surface area contributed by atoms with Crippen LogP contribution in [0.3, 0.4) is 0 Å². The third kappa shape index (κ3) is 2.50. The van der Waals surface area contributed by atoms with Gasteiger partial charge in [0.05, 0.1) is 12.2 Å². The molecule has 1 aromatic carbocycles. The molecule has 2 aromatic heterocycles. The Morgan fingerprint density at radius 1 is 1.29 bits per heavy atom. The summed E-state index contributed by atoms with van der Waals surface area (Å²) < 4.78 is 3.88. The largest absolute Gasteiger partial charge is 0.338 e.